The summed E-state index contributed by atoms with van der Waals surface area (Å²) in [4.78, 5) is 28.4. The first-order valence-electron chi connectivity index (χ1n) is 15.4. The third-order valence-corrected chi connectivity index (χ3v) is 8.38. The number of hydrogen-bond donors (Lipinski definition) is 2. The lowest BCUT2D eigenvalue weighted by Crippen LogP contribution is -2.54. The standard InChI is InChI=1S/C33H40N8O3/c1-33(2,3)44-32(43)36-23-13-17-39(18-14-23)16-6-9-30-34-15-12-31(37-30)41-24-10-11-25(41)22-40(21-24)26-19-28(38-35-20-26)27-7-4-5-8-29(27)42/h4-5,7-8,12,15,19-20,23-25,42H,10-11,13-14,16-18,21-22H2,1-3H3,(H,36,43)/t24-,25+. The van der Waals surface area contributed by atoms with E-state index in [2.05, 4.69) is 47.0 Å². The van der Waals surface area contributed by atoms with Crippen LogP contribution < -0.4 is 15.1 Å². The number of phenols is 1. The molecule has 0 radical (unpaired) electrons. The third kappa shape index (κ3) is 7.03. The monoisotopic (exact) mass is 596 g/mol. The number of nitrogens with one attached hydrogen (secondary N) is 1. The van der Waals surface area contributed by atoms with Gasteiger partial charge >= 0.3 is 6.09 Å². The summed E-state index contributed by atoms with van der Waals surface area (Å²) >= 11 is 0. The fraction of sp³-hybridized carbons (Fsp3) is 0.485. The molecule has 230 valence electrons. The van der Waals surface area contributed by atoms with E-state index >= 15 is 0 Å². The van der Waals surface area contributed by atoms with E-state index in [-0.39, 0.29) is 17.9 Å². The zero-order valence-corrected chi connectivity index (χ0v) is 25.6. The van der Waals surface area contributed by atoms with Crippen LogP contribution in [0.2, 0.25) is 0 Å². The molecule has 3 saturated heterocycles. The number of carbonyl (C=O) groups excluding carboxylic acids is 1. The van der Waals surface area contributed by atoms with E-state index in [4.69, 9.17) is 9.72 Å². The number of likely N-dealkylation sites (tertiary alicyclic amines) is 1. The van der Waals surface area contributed by atoms with Crippen LogP contribution >= 0.6 is 0 Å². The van der Waals surface area contributed by atoms with Gasteiger partial charge in [0.2, 0.25) is 5.82 Å². The predicted molar refractivity (Wildman–Crippen MR) is 168 cm³/mol. The van der Waals surface area contributed by atoms with Crippen LogP contribution in [-0.4, -0.2) is 92.7 Å². The Morgan fingerprint density at radius 1 is 1.09 bits per heavy atom. The first kappa shape index (κ1) is 29.6. The highest BCUT2D eigenvalue weighted by atomic mass is 16.6. The summed E-state index contributed by atoms with van der Waals surface area (Å²) in [7, 11) is 0. The SMILES string of the molecule is CC(C)(C)OC(=O)NC1CCN(CC#Cc2nccc(N3[C@@H]4CC[C@H]3CN(c3cnnc(-c5ccccc5O)c3)C4)n2)CC1. The summed E-state index contributed by atoms with van der Waals surface area (Å²) in [6.45, 7) is 9.69. The van der Waals surface area contributed by atoms with Crippen molar-refractivity contribution in [2.45, 2.75) is 70.2 Å². The van der Waals surface area contributed by atoms with Gasteiger partial charge in [-0.15, -0.1) is 0 Å². The largest absolute Gasteiger partial charge is 0.507 e. The van der Waals surface area contributed by atoms with Crippen LogP contribution in [0.5, 0.6) is 5.75 Å². The molecule has 2 aromatic heterocycles. The second-order valence-electron chi connectivity index (χ2n) is 12.8. The molecule has 5 heterocycles. The number of fused-ring (bicyclic) bond motifs is 2. The normalized spacial score (nSPS) is 20.6. The van der Waals surface area contributed by atoms with Crippen LogP contribution in [0.15, 0.2) is 48.8 Å². The van der Waals surface area contributed by atoms with Gasteiger partial charge in [-0.2, -0.15) is 10.2 Å². The lowest BCUT2D eigenvalue weighted by atomic mass is 10.1. The van der Waals surface area contributed by atoms with Crippen molar-refractivity contribution in [3.8, 4) is 28.8 Å². The number of amides is 1. The van der Waals surface area contributed by atoms with Crippen LogP contribution in [-0.2, 0) is 4.74 Å². The van der Waals surface area contributed by atoms with Gasteiger partial charge in [0.15, 0.2) is 0 Å². The van der Waals surface area contributed by atoms with Crippen LogP contribution in [0.3, 0.4) is 0 Å². The Morgan fingerprint density at radius 3 is 2.57 bits per heavy atom. The van der Waals surface area contributed by atoms with Gasteiger partial charge in [-0.05, 0) is 76.6 Å². The fourth-order valence-corrected chi connectivity index (χ4v) is 6.33. The highest BCUT2D eigenvalue weighted by molar-refractivity contribution is 5.69. The predicted octanol–water partition coefficient (Wildman–Crippen LogP) is 3.84. The summed E-state index contributed by atoms with van der Waals surface area (Å²) < 4.78 is 5.38. The number of alkyl carbamates (subject to hydrolysis) is 1. The molecule has 0 spiro atoms. The lowest BCUT2D eigenvalue weighted by molar-refractivity contribution is 0.0481. The van der Waals surface area contributed by atoms with Crippen LogP contribution in [0.1, 0.15) is 52.3 Å². The number of piperidine rings is 1. The number of aromatic hydroxyl groups is 1. The second-order valence-corrected chi connectivity index (χ2v) is 12.8. The number of para-hydroxylation sites is 1. The van der Waals surface area contributed by atoms with E-state index < -0.39 is 5.60 Å². The van der Waals surface area contributed by atoms with Crippen molar-refractivity contribution < 1.29 is 14.6 Å². The van der Waals surface area contributed by atoms with Gasteiger partial charge < -0.3 is 25.0 Å². The number of rotatable bonds is 5. The first-order valence-corrected chi connectivity index (χ1v) is 15.4. The van der Waals surface area contributed by atoms with E-state index in [1.54, 1.807) is 24.5 Å². The average molecular weight is 597 g/mol. The zero-order valence-electron chi connectivity index (χ0n) is 25.6. The number of aromatic nitrogens is 4. The topological polar surface area (TPSA) is 120 Å². The zero-order chi connectivity index (χ0) is 30.7. The smallest absolute Gasteiger partial charge is 0.407 e. The van der Waals surface area contributed by atoms with Gasteiger partial charge in [0.1, 0.15) is 17.2 Å². The maximum atomic E-state index is 12.1. The maximum Gasteiger partial charge on any atom is 0.407 e. The molecule has 3 aliphatic heterocycles. The summed E-state index contributed by atoms with van der Waals surface area (Å²) in [5.74, 6) is 8.09. The molecular formula is C33H40N8O3. The third-order valence-electron chi connectivity index (χ3n) is 8.38. The van der Waals surface area contributed by atoms with Gasteiger partial charge in [0.25, 0.3) is 0 Å². The summed E-state index contributed by atoms with van der Waals surface area (Å²) in [5.41, 5.74) is 1.85. The molecule has 0 unspecified atom stereocenters. The molecule has 1 aromatic carbocycles. The minimum Gasteiger partial charge on any atom is -0.507 e. The summed E-state index contributed by atoms with van der Waals surface area (Å²) in [5, 5.41) is 21.8. The second kappa shape index (κ2) is 12.7. The molecule has 3 fully saturated rings. The number of phenolic OH excluding ortho intramolecular Hbond substituents is 1. The van der Waals surface area contributed by atoms with Gasteiger partial charge in [0.05, 0.1) is 24.1 Å². The number of nitrogens with zero attached hydrogens (tertiary/aromatic N) is 7. The molecule has 6 rings (SSSR count). The van der Waals surface area contributed by atoms with Crippen molar-refractivity contribution in [3.05, 3.63) is 54.6 Å². The van der Waals surface area contributed by atoms with E-state index in [1.807, 2.05) is 45.0 Å². The van der Waals surface area contributed by atoms with Gasteiger partial charge in [-0.25, -0.2) is 14.8 Å². The molecule has 2 atom stereocenters. The number of anilines is 2. The first-order chi connectivity index (χ1) is 21.2. The quantitative estimate of drug-likeness (QED) is 0.421. The summed E-state index contributed by atoms with van der Waals surface area (Å²) in [6, 6.07) is 12.0. The lowest BCUT2D eigenvalue weighted by Gasteiger charge is -2.42. The van der Waals surface area contributed by atoms with E-state index in [1.165, 1.54) is 0 Å². The number of benzene rings is 1. The van der Waals surface area contributed by atoms with Crippen molar-refractivity contribution >= 4 is 17.6 Å². The van der Waals surface area contributed by atoms with Gasteiger partial charge in [-0.3, -0.25) is 4.90 Å². The minimum atomic E-state index is -0.495. The van der Waals surface area contributed by atoms with E-state index in [9.17, 15) is 9.90 Å². The molecule has 2 bridgehead atoms. The van der Waals surface area contributed by atoms with Gasteiger partial charge in [-0.1, -0.05) is 18.1 Å². The number of hydrogen-bond acceptors (Lipinski definition) is 10. The van der Waals surface area contributed by atoms with E-state index in [0.29, 0.717) is 35.7 Å². The molecule has 1 amide bonds. The number of ether oxygens (including phenoxy) is 1. The molecule has 2 N–H and O–H groups in total. The Bertz CT molecular complexity index is 1530. The van der Waals surface area contributed by atoms with Crippen molar-refractivity contribution in [1.29, 1.82) is 0 Å². The van der Waals surface area contributed by atoms with Crippen LogP contribution in [0.4, 0.5) is 16.3 Å². The number of carbonyl (C=O) groups is 1. The van der Waals surface area contributed by atoms with Crippen molar-refractivity contribution in [2.24, 2.45) is 0 Å². The molecule has 3 aromatic rings. The Hall–Kier alpha value is -4.43. The summed E-state index contributed by atoms with van der Waals surface area (Å²) in [6.07, 6.45) is 7.18. The van der Waals surface area contributed by atoms with Crippen molar-refractivity contribution in [3.63, 3.8) is 0 Å². The Morgan fingerprint density at radius 2 is 1.84 bits per heavy atom. The highest BCUT2D eigenvalue weighted by Gasteiger charge is 2.41. The van der Waals surface area contributed by atoms with Crippen LogP contribution in [0.25, 0.3) is 11.3 Å². The number of piperazine rings is 1. The fourth-order valence-electron chi connectivity index (χ4n) is 6.33. The van der Waals surface area contributed by atoms with Crippen molar-refractivity contribution in [1.82, 2.24) is 30.4 Å². The Kier molecular flexibility index (Phi) is 8.53. The molecular weight excluding hydrogens is 556 g/mol. The van der Waals surface area contributed by atoms with Gasteiger partial charge in [0, 0.05) is 56.1 Å². The molecule has 44 heavy (non-hydrogen) atoms. The minimum absolute atomic E-state index is 0.124. The van der Waals surface area contributed by atoms with Crippen molar-refractivity contribution in [2.75, 3.05) is 42.5 Å². The molecule has 11 heteroatoms. The molecule has 3 aliphatic rings. The average Bonchev–Trinajstić information content (AvgIpc) is 3.26. The Balaban J connectivity index is 1.04. The maximum absolute atomic E-state index is 12.1. The molecule has 0 saturated carbocycles. The Labute approximate surface area is 258 Å². The highest BCUT2D eigenvalue weighted by Crippen LogP contribution is 2.36. The molecule has 0 aliphatic carbocycles. The molecule has 11 nitrogen and oxygen atoms in total. The van der Waals surface area contributed by atoms with E-state index in [0.717, 1.165) is 63.4 Å². The van der Waals surface area contributed by atoms with Crippen LogP contribution in [0, 0.1) is 11.8 Å².